The molecule has 124 valence electrons. The van der Waals surface area contributed by atoms with Gasteiger partial charge in [-0.05, 0) is 29.8 Å². The van der Waals surface area contributed by atoms with Crippen LogP contribution in [0.25, 0.3) is 0 Å². The zero-order chi connectivity index (χ0) is 15.9. The van der Waals surface area contributed by atoms with Crippen LogP contribution in [-0.2, 0) is 6.54 Å². The number of anilines is 1. The molecule has 0 aliphatic heterocycles. The van der Waals surface area contributed by atoms with Gasteiger partial charge in [-0.15, -0.1) is 24.0 Å². The van der Waals surface area contributed by atoms with Gasteiger partial charge in [0.2, 0.25) is 0 Å². The first-order valence-corrected chi connectivity index (χ1v) is 7.45. The first-order chi connectivity index (χ1) is 10.6. The molecular weight excluding hydrogens is 473 g/mol. The Balaban J connectivity index is 0.00000264. The predicted molar refractivity (Wildman–Crippen MR) is 108 cm³/mol. The zero-order valence-corrected chi connectivity index (χ0v) is 16.8. The molecule has 0 atom stereocenters. The number of aliphatic imine (C=N–C) groups is 1. The molecule has 0 radical (unpaired) electrons. The van der Waals surface area contributed by atoms with E-state index in [-0.39, 0.29) is 24.0 Å². The first kappa shape index (κ1) is 19.6. The van der Waals surface area contributed by atoms with Crippen molar-refractivity contribution in [3.8, 4) is 11.5 Å². The monoisotopic (exact) mass is 491 g/mol. The lowest BCUT2D eigenvalue weighted by atomic mass is 10.2. The molecule has 23 heavy (non-hydrogen) atoms. The number of methoxy groups -OCH3 is 2. The molecular formula is C16H19BrIN3O2. The van der Waals surface area contributed by atoms with Crippen molar-refractivity contribution in [1.82, 2.24) is 0 Å². The number of nitrogens with one attached hydrogen (secondary N) is 1. The van der Waals surface area contributed by atoms with E-state index in [1.54, 1.807) is 20.3 Å². The Morgan fingerprint density at radius 2 is 1.74 bits per heavy atom. The van der Waals surface area contributed by atoms with Gasteiger partial charge in [0, 0.05) is 16.2 Å². The summed E-state index contributed by atoms with van der Waals surface area (Å²) in [6.07, 6.45) is 0. The molecule has 0 aliphatic rings. The molecule has 0 bridgehead atoms. The number of hydrogen-bond acceptors (Lipinski definition) is 3. The summed E-state index contributed by atoms with van der Waals surface area (Å²) < 4.78 is 11.5. The van der Waals surface area contributed by atoms with Crippen molar-refractivity contribution < 1.29 is 9.47 Å². The summed E-state index contributed by atoms with van der Waals surface area (Å²) in [7, 11) is 3.19. The zero-order valence-electron chi connectivity index (χ0n) is 12.9. The highest BCUT2D eigenvalue weighted by Gasteiger charge is 2.05. The third kappa shape index (κ3) is 5.91. The van der Waals surface area contributed by atoms with E-state index in [0.29, 0.717) is 24.0 Å². The lowest BCUT2D eigenvalue weighted by Crippen LogP contribution is -2.22. The summed E-state index contributed by atoms with van der Waals surface area (Å²) in [5.41, 5.74) is 7.77. The van der Waals surface area contributed by atoms with E-state index in [0.717, 1.165) is 15.7 Å². The highest BCUT2D eigenvalue weighted by molar-refractivity contribution is 14.0. The molecule has 0 saturated heterocycles. The molecule has 0 heterocycles. The fourth-order valence-electron chi connectivity index (χ4n) is 1.87. The first-order valence-electron chi connectivity index (χ1n) is 6.66. The largest absolute Gasteiger partial charge is 0.493 e. The number of nitrogens with two attached hydrogens (primary N) is 1. The van der Waals surface area contributed by atoms with Crippen molar-refractivity contribution in [2.24, 2.45) is 10.7 Å². The highest BCUT2D eigenvalue weighted by atomic mass is 127. The summed E-state index contributed by atoms with van der Waals surface area (Å²) in [4.78, 5) is 4.31. The number of benzene rings is 2. The Morgan fingerprint density at radius 3 is 2.35 bits per heavy atom. The molecule has 2 rings (SSSR count). The topological polar surface area (TPSA) is 68.9 Å². The predicted octanol–water partition coefficient (Wildman–Crippen LogP) is 4.01. The second kappa shape index (κ2) is 9.61. The summed E-state index contributed by atoms with van der Waals surface area (Å²) in [5, 5.41) is 3.03. The molecule has 7 heteroatoms. The van der Waals surface area contributed by atoms with E-state index in [9.17, 15) is 0 Å². The fourth-order valence-corrected chi connectivity index (χ4v) is 2.13. The fraction of sp³-hybridized carbons (Fsp3) is 0.188. The summed E-state index contributed by atoms with van der Waals surface area (Å²) >= 11 is 3.40. The molecule has 0 unspecified atom stereocenters. The van der Waals surface area contributed by atoms with E-state index in [1.807, 2.05) is 36.4 Å². The minimum Gasteiger partial charge on any atom is -0.493 e. The molecule has 2 aromatic rings. The number of hydrogen-bond donors (Lipinski definition) is 2. The van der Waals surface area contributed by atoms with Gasteiger partial charge in [-0.2, -0.15) is 0 Å². The Bertz CT molecular complexity index is 663. The number of halogens is 2. The Hall–Kier alpha value is -1.48. The van der Waals surface area contributed by atoms with Crippen LogP contribution in [0.15, 0.2) is 51.9 Å². The third-order valence-electron chi connectivity index (χ3n) is 3.00. The van der Waals surface area contributed by atoms with E-state index in [1.165, 1.54) is 0 Å². The molecule has 0 spiro atoms. The Morgan fingerprint density at radius 1 is 1.09 bits per heavy atom. The van der Waals surface area contributed by atoms with Crippen LogP contribution in [-0.4, -0.2) is 20.2 Å². The van der Waals surface area contributed by atoms with Crippen LogP contribution in [0, 0.1) is 0 Å². The maximum atomic E-state index is 5.90. The molecule has 0 saturated carbocycles. The average molecular weight is 492 g/mol. The summed E-state index contributed by atoms with van der Waals surface area (Å²) in [6.45, 7) is 0.513. The lowest BCUT2D eigenvalue weighted by molar-refractivity contribution is 0.355. The molecule has 0 fully saturated rings. The summed E-state index contributed by atoms with van der Waals surface area (Å²) in [5.74, 6) is 1.64. The van der Waals surface area contributed by atoms with Crippen molar-refractivity contribution in [2.75, 3.05) is 19.5 Å². The van der Waals surface area contributed by atoms with Gasteiger partial charge in [-0.3, -0.25) is 0 Å². The van der Waals surface area contributed by atoms with Crippen molar-refractivity contribution >= 4 is 51.6 Å². The SMILES string of the molecule is COc1ccc(NC(N)=NCc2ccc(Br)cc2)cc1OC.I. The second-order valence-electron chi connectivity index (χ2n) is 4.52. The number of ether oxygens (including phenoxy) is 2. The number of nitrogens with zero attached hydrogens (tertiary/aromatic N) is 1. The van der Waals surface area contributed by atoms with Gasteiger partial charge in [-0.25, -0.2) is 4.99 Å². The maximum Gasteiger partial charge on any atom is 0.193 e. The van der Waals surface area contributed by atoms with Gasteiger partial charge in [0.05, 0.1) is 20.8 Å². The third-order valence-corrected chi connectivity index (χ3v) is 3.53. The minimum absolute atomic E-state index is 0. The second-order valence-corrected chi connectivity index (χ2v) is 5.44. The van der Waals surface area contributed by atoms with Crippen LogP contribution in [0.4, 0.5) is 5.69 Å². The normalized spacial score (nSPS) is 10.7. The molecule has 0 aliphatic carbocycles. The number of guanidine groups is 1. The van der Waals surface area contributed by atoms with E-state index in [2.05, 4.69) is 26.2 Å². The quantitative estimate of drug-likeness (QED) is 0.376. The Kier molecular flexibility index (Phi) is 8.18. The summed E-state index contributed by atoms with van der Waals surface area (Å²) in [6, 6.07) is 13.4. The van der Waals surface area contributed by atoms with Crippen molar-refractivity contribution in [3.63, 3.8) is 0 Å². The van der Waals surface area contributed by atoms with Crippen LogP contribution in [0.1, 0.15) is 5.56 Å². The average Bonchev–Trinajstić information content (AvgIpc) is 2.54. The van der Waals surface area contributed by atoms with E-state index < -0.39 is 0 Å². The standard InChI is InChI=1S/C16H18BrN3O2.HI/c1-21-14-8-7-13(9-15(14)22-2)20-16(18)19-10-11-3-5-12(17)6-4-11;/h3-9H,10H2,1-2H3,(H3,18,19,20);1H. The molecule has 2 aromatic carbocycles. The smallest absolute Gasteiger partial charge is 0.193 e. The Labute approximate surface area is 161 Å². The van der Waals surface area contributed by atoms with E-state index in [4.69, 9.17) is 15.2 Å². The highest BCUT2D eigenvalue weighted by Crippen LogP contribution is 2.29. The van der Waals surface area contributed by atoms with Crippen LogP contribution in [0.2, 0.25) is 0 Å². The molecule has 0 amide bonds. The van der Waals surface area contributed by atoms with Crippen molar-refractivity contribution in [2.45, 2.75) is 6.54 Å². The van der Waals surface area contributed by atoms with Crippen LogP contribution >= 0.6 is 39.9 Å². The lowest BCUT2D eigenvalue weighted by Gasteiger charge is -2.11. The van der Waals surface area contributed by atoms with Gasteiger partial charge >= 0.3 is 0 Å². The van der Waals surface area contributed by atoms with Crippen LogP contribution in [0.3, 0.4) is 0 Å². The van der Waals surface area contributed by atoms with Crippen molar-refractivity contribution in [3.05, 3.63) is 52.5 Å². The van der Waals surface area contributed by atoms with Gasteiger partial charge in [0.1, 0.15) is 0 Å². The van der Waals surface area contributed by atoms with Gasteiger partial charge < -0.3 is 20.5 Å². The van der Waals surface area contributed by atoms with Crippen molar-refractivity contribution in [1.29, 1.82) is 0 Å². The van der Waals surface area contributed by atoms with Gasteiger partial charge in [0.25, 0.3) is 0 Å². The maximum absolute atomic E-state index is 5.90. The minimum atomic E-state index is 0. The number of rotatable bonds is 5. The molecule has 3 N–H and O–H groups in total. The molecule has 0 aromatic heterocycles. The van der Waals surface area contributed by atoms with Gasteiger partial charge in [-0.1, -0.05) is 28.1 Å². The van der Waals surface area contributed by atoms with E-state index >= 15 is 0 Å². The van der Waals surface area contributed by atoms with Gasteiger partial charge in [0.15, 0.2) is 17.5 Å². The molecule has 5 nitrogen and oxygen atoms in total. The van der Waals surface area contributed by atoms with Crippen LogP contribution in [0.5, 0.6) is 11.5 Å². The van der Waals surface area contributed by atoms with Crippen LogP contribution < -0.4 is 20.5 Å².